The first kappa shape index (κ1) is 42.0. The molecule has 0 saturated carbocycles. The first-order chi connectivity index (χ1) is 29.6. The summed E-state index contributed by atoms with van der Waals surface area (Å²) < 4.78 is 34.0. The lowest BCUT2D eigenvalue weighted by Crippen LogP contribution is -2.86. The van der Waals surface area contributed by atoms with Gasteiger partial charge in [0.15, 0.2) is 0 Å². The minimum Gasteiger partial charge on any atom is -0.405 e. The summed E-state index contributed by atoms with van der Waals surface area (Å²) >= 11 is 0. The lowest BCUT2D eigenvalue weighted by molar-refractivity contribution is 0.259. The van der Waals surface area contributed by atoms with Crippen LogP contribution in [0.15, 0.2) is 212 Å². The number of hydrogen-bond acceptors (Lipinski definition) is 4. The Morgan fingerprint density at radius 1 is 0.267 bits per heavy atom. The zero-order chi connectivity index (χ0) is 41.0. The molecular weight excluding hydrogens is 801 g/mol. The zero-order valence-electron chi connectivity index (χ0n) is 34.4. The van der Waals surface area contributed by atoms with E-state index in [1.54, 1.807) is 0 Å². The van der Waals surface area contributed by atoms with E-state index in [9.17, 15) is 0 Å². The van der Waals surface area contributed by atoms with E-state index < -0.39 is 34.2 Å². The average Bonchev–Trinajstić information content (AvgIpc) is 3.33. The van der Waals surface area contributed by atoms with Crippen molar-refractivity contribution in [2.45, 2.75) is 57.4 Å². The summed E-state index contributed by atoms with van der Waals surface area (Å²) in [4.78, 5) is 0. The van der Waals surface area contributed by atoms with Gasteiger partial charge in [-0.1, -0.05) is 271 Å². The average molecular weight is 856 g/mol. The molecule has 8 heteroatoms. The maximum absolute atomic E-state index is 8.50. The van der Waals surface area contributed by atoms with E-state index in [0.29, 0.717) is 0 Å². The quantitative estimate of drug-likeness (QED) is 0.0728. The predicted molar refractivity (Wildman–Crippen MR) is 257 cm³/mol. The van der Waals surface area contributed by atoms with Crippen LogP contribution >= 0.6 is 0 Å². The molecule has 60 heavy (non-hydrogen) atoms. The van der Waals surface area contributed by atoms with Crippen LogP contribution in [0.25, 0.3) is 0 Å². The van der Waals surface area contributed by atoms with Gasteiger partial charge < -0.3 is 16.5 Å². The van der Waals surface area contributed by atoms with Gasteiger partial charge in [0.25, 0.3) is 0 Å². The molecule has 7 aromatic rings. The topological polar surface area (TPSA) is 36.9 Å². The summed E-state index contributed by atoms with van der Waals surface area (Å²) in [5, 5.41) is 7.21. The Labute approximate surface area is 361 Å². The minimum atomic E-state index is -3.85. The van der Waals surface area contributed by atoms with Gasteiger partial charge in [-0.15, -0.1) is 0 Å². The van der Waals surface area contributed by atoms with E-state index in [0.717, 1.165) is 61.6 Å². The van der Waals surface area contributed by atoms with Gasteiger partial charge in [-0.3, -0.25) is 0 Å². The van der Waals surface area contributed by atoms with Crippen molar-refractivity contribution in [2.24, 2.45) is 0 Å². The van der Waals surface area contributed by atoms with Crippen LogP contribution in [0, 0.1) is 6.92 Å². The fourth-order valence-electron chi connectivity index (χ4n) is 8.58. The first-order valence-corrected chi connectivity index (χ1v) is 29.1. The number of rotatable bonds is 16. The van der Waals surface area contributed by atoms with E-state index in [1.165, 1.54) is 32.1 Å². The summed E-state index contributed by atoms with van der Waals surface area (Å²) in [6.45, 7) is 4.05. The van der Waals surface area contributed by atoms with Crippen molar-refractivity contribution in [1.82, 2.24) is 0 Å². The van der Waals surface area contributed by atoms with Gasteiger partial charge in [-0.05, 0) is 42.4 Å². The van der Waals surface area contributed by atoms with Crippen LogP contribution in [0.2, 0.25) is 6.04 Å². The van der Waals surface area contributed by atoms with E-state index in [2.05, 4.69) is 219 Å². The van der Waals surface area contributed by atoms with Crippen molar-refractivity contribution >= 4 is 70.6 Å². The number of hydrogen-bond donors (Lipinski definition) is 0. The monoisotopic (exact) mass is 855 g/mol. The third-order valence-corrected chi connectivity index (χ3v) is 29.9. The maximum atomic E-state index is 8.50. The van der Waals surface area contributed by atoms with Gasteiger partial charge in [-0.2, -0.15) is 0 Å². The molecule has 0 unspecified atom stereocenters. The van der Waals surface area contributed by atoms with Crippen LogP contribution in [-0.4, -0.2) is 34.2 Å². The Kier molecular flexibility index (Phi) is 13.8. The highest BCUT2D eigenvalue weighted by Crippen LogP contribution is 2.35. The van der Waals surface area contributed by atoms with Gasteiger partial charge in [0.2, 0.25) is 0 Å². The summed E-state index contributed by atoms with van der Waals surface area (Å²) in [6, 6.07) is 75.7. The molecule has 0 amide bonds. The van der Waals surface area contributed by atoms with E-state index in [-0.39, 0.29) is 0 Å². The van der Waals surface area contributed by atoms with E-state index >= 15 is 0 Å². The summed E-state index contributed by atoms with van der Waals surface area (Å²) in [7, 11) is -15.1. The lowest BCUT2D eigenvalue weighted by atomic mass is 10.1. The molecule has 1 aliphatic heterocycles. The summed E-state index contributed by atoms with van der Waals surface area (Å²) in [5.74, 6) is 0. The highest BCUT2D eigenvalue weighted by Gasteiger charge is 2.67. The second kappa shape index (κ2) is 19.8. The molecule has 1 aliphatic rings. The van der Waals surface area contributed by atoms with Crippen molar-refractivity contribution in [3.05, 3.63) is 219 Å². The van der Waals surface area contributed by atoms with Gasteiger partial charge in [-0.25, -0.2) is 0 Å². The third kappa shape index (κ3) is 8.84. The molecule has 1 fully saturated rings. The Morgan fingerprint density at radius 3 is 0.783 bits per heavy atom. The number of unbranched alkanes of at least 4 members (excludes halogenated alkanes) is 7. The van der Waals surface area contributed by atoms with E-state index in [1.807, 2.05) is 0 Å². The molecular formula is C52H55O4Si4. The molecule has 303 valence electrons. The second-order valence-corrected chi connectivity index (χ2v) is 28.7. The Hall–Kier alpha value is -4.75. The molecule has 8 rings (SSSR count). The molecule has 1 heterocycles. The van der Waals surface area contributed by atoms with Crippen LogP contribution in [0.3, 0.4) is 0 Å². The van der Waals surface area contributed by atoms with Gasteiger partial charge in [0.1, 0.15) is 0 Å². The molecule has 0 spiro atoms. The van der Waals surface area contributed by atoms with Crippen LogP contribution in [0.5, 0.6) is 0 Å². The largest absolute Gasteiger partial charge is 0.405 e. The highest BCUT2D eigenvalue weighted by atomic mass is 28.5. The van der Waals surface area contributed by atoms with Crippen molar-refractivity contribution in [1.29, 1.82) is 0 Å². The summed E-state index contributed by atoms with van der Waals surface area (Å²) in [5.41, 5.74) is 0. The van der Waals surface area contributed by atoms with Crippen molar-refractivity contribution < 1.29 is 16.5 Å². The molecule has 0 N–H and O–H groups in total. The van der Waals surface area contributed by atoms with Crippen molar-refractivity contribution in [3.8, 4) is 0 Å². The van der Waals surface area contributed by atoms with Crippen LogP contribution in [-0.2, 0) is 16.5 Å². The minimum absolute atomic E-state index is 0.747. The van der Waals surface area contributed by atoms with Gasteiger partial charge >= 0.3 is 34.2 Å². The number of benzene rings is 7. The van der Waals surface area contributed by atoms with Gasteiger partial charge in [0.05, 0.1) is 0 Å². The fourth-order valence-corrected chi connectivity index (χ4v) is 31.6. The molecule has 4 nitrogen and oxygen atoms in total. The first-order valence-electron chi connectivity index (χ1n) is 21.6. The highest BCUT2D eigenvalue weighted by molar-refractivity contribution is 7.14. The molecule has 7 aromatic carbocycles. The Balaban J connectivity index is 1.46. The lowest BCUT2D eigenvalue weighted by Gasteiger charge is -2.53. The van der Waals surface area contributed by atoms with E-state index in [4.69, 9.17) is 16.5 Å². The fraction of sp³-hybridized carbons (Fsp3) is 0.173. The second-order valence-electron chi connectivity index (χ2n) is 15.7. The normalized spacial score (nSPS) is 16.6. The SMILES string of the molecule is [CH2]CCCCCCCCC[Si]1(c2ccccc2)O[Si](c2ccccc2)(c2ccccc2)O[Si](c2ccccc2)(c2ccccc2)O[Si](c2ccccc2)(c2ccccc2)O1. The Bertz CT molecular complexity index is 2110. The molecule has 1 radical (unpaired) electrons. The predicted octanol–water partition coefficient (Wildman–Crippen LogP) is 8.14. The maximum Gasteiger partial charge on any atom is 0.390 e. The standard InChI is InChI=1S/C52H55O4Si4/c1-2-3-4-5-6-7-8-30-45-57(46-31-16-9-17-32-46)53-58(47-33-18-10-19-34-47,48-35-20-11-21-36-48)55-60(51-41-26-14-27-42-51,52-43-28-15-29-44-52)56-59(54-57,49-37-22-12-23-38-49)50-39-24-13-25-40-50/h9-29,31-44H,1-8,30,45H2. The van der Waals surface area contributed by atoms with Crippen molar-refractivity contribution in [2.75, 3.05) is 0 Å². The Morgan fingerprint density at radius 2 is 0.500 bits per heavy atom. The molecule has 0 bridgehead atoms. The van der Waals surface area contributed by atoms with Crippen LogP contribution < -0.4 is 36.3 Å². The van der Waals surface area contributed by atoms with Crippen molar-refractivity contribution in [3.63, 3.8) is 0 Å². The zero-order valence-corrected chi connectivity index (χ0v) is 38.4. The van der Waals surface area contributed by atoms with Crippen LogP contribution in [0.4, 0.5) is 0 Å². The van der Waals surface area contributed by atoms with Gasteiger partial charge in [0, 0.05) is 0 Å². The smallest absolute Gasteiger partial charge is 0.390 e. The summed E-state index contributed by atoms with van der Waals surface area (Å²) in [6.07, 6.45) is 9.11. The van der Waals surface area contributed by atoms with Crippen LogP contribution in [0.1, 0.15) is 51.4 Å². The molecule has 0 atom stereocenters. The molecule has 1 saturated heterocycles. The molecule has 0 aliphatic carbocycles. The third-order valence-electron chi connectivity index (χ3n) is 11.6. The molecule has 0 aromatic heterocycles.